The number of hydrogen-bond donors (Lipinski definition) is 6. The Morgan fingerprint density at radius 2 is 1.59 bits per heavy atom. The molecule has 4 atom stereocenters. The van der Waals surface area contributed by atoms with Crippen LogP contribution in [0.25, 0.3) is 21.7 Å². The number of rotatable bonds is 29. The highest BCUT2D eigenvalue weighted by Crippen LogP contribution is 2.34. The Hall–Kier alpha value is -6.89. The van der Waals surface area contributed by atoms with Gasteiger partial charge >= 0.3 is 0 Å². The van der Waals surface area contributed by atoms with Crippen LogP contribution in [0.3, 0.4) is 0 Å². The number of carbonyl (C=O) groups is 3. The number of phenolic OH excluding ortho intramolecular Hbond substituents is 1. The fraction of sp³-hybridized carbons (Fsp3) is 0.456. The van der Waals surface area contributed by atoms with Crippen molar-refractivity contribution in [1.82, 2.24) is 41.2 Å². The Bertz CT molecular complexity index is 2750. The smallest absolute Gasteiger partial charge is 0.254 e. The lowest BCUT2D eigenvalue weighted by Crippen LogP contribution is -2.48. The molecule has 75 heavy (non-hydrogen) atoms. The molecule has 7 N–H and O–H groups in total. The van der Waals surface area contributed by atoms with E-state index in [-0.39, 0.29) is 54.2 Å². The van der Waals surface area contributed by atoms with E-state index in [1.54, 1.807) is 41.7 Å². The van der Waals surface area contributed by atoms with Gasteiger partial charge in [-0.1, -0.05) is 113 Å². The van der Waals surface area contributed by atoms with Crippen LogP contribution in [-0.4, -0.2) is 98.2 Å². The van der Waals surface area contributed by atoms with Gasteiger partial charge in [-0.15, -0.1) is 21.5 Å². The van der Waals surface area contributed by atoms with E-state index in [4.69, 9.17) is 19.7 Å². The third-order valence-corrected chi connectivity index (χ3v) is 14.5. The number of unbranched alkanes of at least 4 members (excludes halogenated alkanes) is 7. The molecule has 0 aliphatic carbocycles. The first kappa shape index (κ1) is 55.9. The summed E-state index contributed by atoms with van der Waals surface area (Å²) in [6, 6.07) is 25.2. The highest BCUT2D eigenvalue weighted by Gasteiger charge is 2.43. The van der Waals surface area contributed by atoms with Crippen molar-refractivity contribution in [2.45, 2.75) is 129 Å². The lowest BCUT2D eigenvalue weighted by atomic mass is 9.91. The number of phenols is 1. The lowest BCUT2D eigenvalue weighted by Gasteiger charge is -2.29. The molecule has 1 saturated heterocycles. The normalized spacial score (nSPS) is 15.2. The second kappa shape index (κ2) is 28.1. The number of hydrogen-bond acceptors (Lipinski definition) is 15. The Kier molecular flexibility index (Phi) is 20.9. The Balaban J connectivity index is 0.697. The molecule has 1 aliphatic rings. The Morgan fingerprint density at radius 1 is 0.867 bits per heavy atom. The number of aliphatic hydroxyl groups is 1. The number of nitrogens with zero attached hydrogens (tertiary/aromatic N) is 5. The number of ether oxygens (including phenoxy) is 2. The first-order valence-electron chi connectivity index (χ1n) is 26.3. The molecule has 1 aliphatic heterocycles. The number of thiazole rings is 1. The maximum absolute atomic E-state index is 14.1. The number of carbonyl (C=O) groups excluding carboxylic acids is 3. The number of aromatic hydroxyl groups is 1. The number of benzene rings is 3. The number of anilines is 1. The summed E-state index contributed by atoms with van der Waals surface area (Å²) < 4.78 is 17.4. The molecule has 6 aromatic rings. The highest BCUT2D eigenvalue weighted by molar-refractivity contribution is 7.13. The molecule has 0 saturated carbocycles. The summed E-state index contributed by atoms with van der Waals surface area (Å²) in [4.78, 5) is 47.2. The fourth-order valence-corrected chi connectivity index (χ4v) is 10.1. The molecule has 4 heterocycles. The summed E-state index contributed by atoms with van der Waals surface area (Å²) in [7, 11) is 0. The maximum atomic E-state index is 14.1. The van der Waals surface area contributed by atoms with Crippen molar-refractivity contribution >= 4 is 34.9 Å². The van der Waals surface area contributed by atoms with Gasteiger partial charge in [-0.25, -0.2) is 4.98 Å². The van der Waals surface area contributed by atoms with E-state index in [0.29, 0.717) is 67.8 Å². The van der Waals surface area contributed by atoms with Gasteiger partial charge in [0.15, 0.2) is 17.3 Å². The van der Waals surface area contributed by atoms with E-state index in [1.165, 1.54) is 17.7 Å². The number of likely N-dealkylation sites (tertiary alicyclic amines) is 1. The van der Waals surface area contributed by atoms with Crippen molar-refractivity contribution in [2.75, 3.05) is 38.6 Å². The van der Waals surface area contributed by atoms with Crippen LogP contribution in [-0.2, 0) is 27.3 Å². The number of para-hydroxylation sites is 1. The fourth-order valence-electron chi connectivity index (χ4n) is 9.26. The summed E-state index contributed by atoms with van der Waals surface area (Å²) in [6.07, 6.45) is 9.27. The number of nitrogens with two attached hydrogens (primary N) is 1. The van der Waals surface area contributed by atoms with Gasteiger partial charge in [-0.2, -0.15) is 0 Å². The second-order valence-electron chi connectivity index (χ2n) is 19.7. The predicted molar refractivity (Wildman–Crippen MR) is 290 cm³/mol. The molecule has 17 nitrogen and oxygen atoms in total. The van der Waals surface area contributed by atoms with Gasteiger partial charge in [0.05, 0.1) is 34.8 Å². The standard InChI is InChI=1S/C57H73N9O8S/c1-37(2)53(57(71)66-35-44(67)31-47(66)56(70)62-38(3)42-22-24-43(25-23-42)54-39(4)61-36-75-54)49-33-52(65-74-49)73-30-28-59-27-14-10-8-6-5-7-9-11-17-51(69)60-34-41-20-18-40(19-21-41)26-29-72-50-32-46(63-64-55(50)58)45-15-12-13-16-48(45)68/h12-13,15-16,18-25,32-33,36-38,44,47,53,59,67-68H,5-11,14,17,26-31,34-35H2,1-4H3,(H2,58,64)(H,60,69)(H,62,70)/t38-,44+,47-,53+/m0/s1. The Morgan fingerprint density at radius 3 is 2.31 bits per heavy atom. The number of β-amino-alcohol motifs (C(OH)–C–C–N with tert-alkyl or cyclic N) is 1. The largest absolute Gasteiger partial charge is 0.507 e. The van der Waals surface area contributed by atoms with Gasteiger partial charge in [0, 0.05) is 56.6 Å². The van der Waals surface area contributed by atoms with Crippen LogP contribution < -0.4 is 31.2 Å². The van der Waals surface area contributed by atoms with E-state index < -0.39 is 18.1 Å². The molecule has 3 aromatic carbocycles. The summed E-state index contributed by atoms with van der Waals surface area (Å²) in [5, 5.41) is 42.5. The average molecular weight is 1040 g/mol. The summed E-state index contributed by atoms with van der Waals surface area (Å²) in [5.41, 5.74) is 13.9. The van der Waals surface area contributed by atoms with Crippen LogP contribution in [0.15, 0.2) is 95.0 Å². The minimum Gasteiger partial charge on any atom is -0.507 e. The first-order chi connectivity index (χ1) is 36.3. The zero-order valence-electron chi connectivity index (χ0n) is 43.6. The molecule has 0 spiro atoms. The minimum absolute atomic E-state index is 0.0552. The van der Waals surface area contributed by atoms with Crippen molar-refractivity contribution < 1.29 is 38.6 Å². The number of aliphatic hydroxyl groups excluding tert-OH is 1. The van der Waals surface area contributed by atoms with Crippen LogP contribution in [0.2, 0.25) is 0 Å². The van der Waals surface area contributed by atoms with E-state index in [9.17, 15) is 24.6 Å². The van der Waals surface area contributed by atoms with Gasteiger partial charge in [-0.3, -0.25) is 14.4 Å². The van der Waals surface area contributed by atoms with Crippen LogP contribution >= 0.6 is 11.3 Å². The third-order valence-electron chi connectivity index (χ3n) is 13.6. The maximum Gasteiger partial charge on any atom is 0.254 e. The van der Waals surface area contributed by atoms with Gasteiger partial charge in [0.1, 0.15) is 30.0 Å². The van der Waals surface area contributed by atoms with Crippen molar-refractivity contribution in [2.24, 2.45) is 5.92 Å². The quantitative estimate of drug-likeness (QED) is 0.0241. The van der Waals surface area contributed by atoms with Crippen LogP contribution in [0.5, 0.6) is 17.4 Å². The van der Waals surface area contributed by atoms with E-state index >= 15 is 0 Å². The van der Waals surface area contributed by atoms with Gasteiger partial charge in [0.2, 0.25) is 17.7 Å². The van der Waals surface area contributed by atoms with Crippen LogP contribution in [0, 0.1) is 12.8 Å². The molecule has 7 rings (SSSR count). The molecule has 0 radical (unpaired) electrons. The molecule has 1 fully saturated rings. The monoisotopic (exact) mass is 1040 g/mol. The molecule has 18 heteroatoms. The molecule has 3 amide bonds. The average Bonchev–Trinajstić information content (AvgIpc) is 4.17. The SMILES string of the molecule is Cc1ncsc1-c1ccc([C@H](C)NC(=O)[C@@H]2C[C@@H](O)CN2C(=O)[C@@H](c2cc(OCCNCCCCCCCCCCC(=O)NCc3ccc(CCOc4cc(-c5ccccc5O)nnc4N)cc3)no2)C(C)C)cc1. The first-order valence-corrected chi connectivity index (χ1v) is 27.2. The highest BCUT2D eigenvalue weighted by atomic mass is 32.1. The lowest BCUT2D eigenvalue weighted by molar-refractivity contribution is -0.141. The minimum atomic E-state index is -0.823. The second-order valence-corrected chi connectivity index (χ2v) is 20.5. The van der Waals surface area contributed by atoms with Crippen LogP contribution in [0.4, 0.5) is 5.82 Å². The Labute approximate surface area is 444 Å². The van der Waals surface area contributed by atoms with Crippen molar-refractivity contribution in [3.8, 4) is 39.1 Å². The van der Waals surface area contributed by atoms with Gasteiger partial charge in [0.25, 0.3) is 5.88 Å². The van der Waals surface area contributed by atoms with E-state index in [0.717, 1.165) is 77.9 Å². The molecule has 400 valence electrons. The molecule has 3 aromatic heterocycles. The zero-order valence-corrected chi connectivity index (χ0v) is 44.4. The van der Waals surface area contributed by atoms with Crippen LogP contribution in [0.1, 0.15) is 125 Å². The van der Waals surface area contributed by atoms with Crippen molar-refractivity contribution in [1.29, 1.82) is 0 Å². The zero-order chi connectivity index (χ0) is 53.1. The summed E-state index contributed by atoms with van der Waals surface area (Å²) in [5.74, 6) is -0.0699. The summed E-state index contributed by atoms with van der Waals surface area (Å²) >= 11 is 1.59. The summed E-state index contributed by atoms with van der Waals surface area (Å²) in [6.45, 7) is 10.6. The predicted octanol–water partition coefficient (Wildman–Crippen LogP) is 8.85. The number of aromatic nitrogens is 4. The van der Waals surface area contributed by atoms with Gasteiger partial charge in [-0.05, 0) is 78.7 Å². The molecular weight excluding hydrogens is 971 g/mol. The molecular formula is C57H73N9O8S. The van der Waals surface area contributed by atoms with Gasteiger partial charge < -0.3 is 50.8 Å². The van der Waals surface area contributed by atoms with Crippen molar-refractivity contribution in [3.63, 3.8) is 0 Å². The topological polar surface area (TPSA) is 240 Å². The van der Waals surface area contributed by atoms with E-state index in [2.05, 4.69) is 36.3 Å². The number of aryl methyl sites for hydroxylation is 1. The number of nitrogen functional groups attached to an aromatic ring is 1. The number of nitrogens with one attached hydrogen (secondary N) is 3. The van der Waals surface area contributed by atoms with Crippen molar-refractivity contribution in [3.05, 3.63) is 119 Å². The molecule has 0 bridgehead atoms. The molecule has 0 unspecified atom stereocenters. The third kappa shape index (κ3) is 16.3. The number of amides is 3. The van der Waals surface area contributed by atoms with E-state index in [1.807, 2.05) is 87.8 Å².